The van der Waals surface area contributed by atoms with E-state index < -0.39 is 34.4 Å². The molecule has 0 fully saturated rings. The summed E-state index contributed by atoms with van der Waals surface area (Å²) in [5, 5.41) is 1.29. The highest BCUT2D eigenvalue weighted by Gasteiger charge is 2.43. The maximum absolute atomic E-state index is 13.3. The molecule has 0 saturated heterocycles. The van der Waals surface area contributed by atoms with Crippen LogP contribution in [0.4, 0.5) is 0 Å². The van der Waals surface area contributed by atoms with Gasteiger partial charge in [0.1, 0.15) is 23.2 Å². The van der Waals surface area contributed by atoms with Gasteiger partial charge in [-0.05, 0) is 42.8 Å². The van der Waals surface area contributed by atoms with E-state index >= 15 is 0 Å². The van der Waals surface area contributed by atoms with Crippen LogP contribution < -0.4 is 5.43 Å². The lowest BCUT2D eigenvalue weighted by Crippen LogP contribution is -2.46. The van der Waals surface area contributed by atoms with Crippen molar-refractivity contribution in [1.29, 1.82) is 0 Å². The molecule has 3 heterocycles. The van der Waals surface area contributed by atoms with Crippen molar-refractivity contribution in [2.75, 3.05) is 6.54 Å². The van der Waals surface area contributed by atoms with Crippen molar-refractivity contribution < 1.29 is 22.4 Å². The summed E-state index contributed by atoms with van der Waals surface area (Å²) in [6.45, 7) is 1.35. The molecule has 0 bridgehead atoms. The molecular weight excluding hydrogens is 430 g/mol. The third kappa shape index (κ3) is 3.18. The highest BCUT2D eigenvalue weighted by atomic mass is 32.2. The first-order chi connectivity index (χ1) is 15.4. The number of furan rings is 1. The fourth-order valence-electron chi connectivity index (χ4n) is 3.84. The molecule has 0 unspecified atom stereocenters. The van der Waals surface area contributed by atoms with Crippen LogP contribution in [-0.2, 0) is 14.8 Å². The summed E-state index contributed by atoms with van der Waals surface area (Å²) in [5.74, 6) is -0.796. The summed E-state index contributed by atoms with van der Waals surface area (Å²) >= 11 is 0. The lowest BCUT2D eigenvalue weighted by atomic mass is 10.1. The number of rotatable bonds is 4. The van der Waals surface area contributed by atoms with Gasteiger partial charge in [0.2, 0.25) is 0 Å². The second-order valence-electron chi connectivity index (χ2n) is 7.60. The van der Waals surface area contributed by atoms with Crippen LogP contribution in [0.5, 0.6) is 0 Å². The third-order valence-electron chi connectivity index (χ3n) is 5.50. The van der Waals surface area contributed by atoms with Gasteiger partial charge in [0, 0.05) is 0 Å². The highest BCUT2D eigenvalue weighted by Crippen LogP contribution is 2.34. The number of amides is 2. The zero-order chi connectivity index (χ0) is 22.5. The molecule has 8 nitrogen and oxygen atoms in total. The van der Waals surface area contributed by atoms with Crippen molar-refractivity contribution in [1.82, 2.24) is 14.7 Å². The number of benzene rings is 2. The van der Waals surface area contributed by atoms with Gasteiger partial charge < -0.3 is 4.42 Å². The SMILES string of the molecule is Cc1ccc(C2=C[C@H](c3ccco3)N(C(=O)CN3C(=O)c4ccccc4S3(=O)=O)N2)cc1. The van der Waals surface area contributed by atoms with Gasteiger partial charge in [-0.25, -0.2) is 17.7 Å². The lowest BCUT2D eigenvalue weighted by molar-refractivity contribution is -0.134. The van der Waals surface area contributed by atoms with E-state index in [4.69, 9.17) is 4.42 Å². The Kier molecular flexibility index (Phi) is 4.63. The number of nitrogens with one attached hydrogen (secondary N) is 1. The van der Waals surface area contributed by atoms with Gasteiger partial charge in [0.15, 0.2) is 0 Å². The van der Waals surface area contributed by atoms with Crippen LogP contribution in [0.3, 0.4) is 0 Å². The molecule has 0 radical (unpaired) electrons. The van der Waals surface area contributed by atoms with E-state index in [1.54, 1.807) is 24.3 Å². The Hall–Kier alpha value is -3.85. The molecule has 162 valence electrons. The molecule has 5 rings (SSSR count). The number of hydrogen-bond donors (Lipinski definition) is 1. The summed E-state index contributed by atoms with van der Waals surface area (Å²) in [7, 11) is -4.09. The van der Waals surface area contributed by atoms with Gasteiger partial charge >= 0.3 is 0 Å². The van der Waals surface area contributed by atoms with E-state index in [1.807, 2.05) is 37.3 Å². The van der Waals surface area contributed by atoms with Gasteiger partial charge in [-0.2, -0.15) is 0 Å². The first kappa shape index (κ1) is 20.1. The average molecular weight is 449 g/mol. The molecule has 2 aliphatic heterocycles. The first-order valence-electron chi connectivity index (χ1n) is 9.93. The van der Waals surface area contributed by atoms with Crippen LogP contribution in [0.15, 0.2) is 82.3 Å². The van der Waals surface area contributed by atoms with E-state index in [1.165, 1.54) is 23.4 Å². The minimum absolute atomic E-state index is 0.0655. The Morgan fingerprint density at radius 2 is 1.81 bits per heavy atom. The first-order valence-corrected chi connectivity index (χ1v) is 11.4. The normalized spacial score (nSPS) is 19.0. The zero-order valence-corrected chi connectivity index (χ0v) is 17.9. The number of carbonyl (C=O) groups is 2. The molecule has 0 saturated carbocycles. The molecule has 0 spiro atoms. The van der Waals surface area contributed by atoms with Crippen LogP contribution in [0.1, 0.15) is 33.3 Å². The van der Waals surface area contributed by atoms with Crippen molar-refractivity contribution in [3.05, 3.63) is 95.5 Å². The smallest absolute Gasteiger partial charge is 0.269 e. The van der Waals surface area contributed by atoms with E-state index in [9.17, 15) is 18.0 Å². The maximum Gasteiger partial charge on any atom is 0.269 e. The third-order valence-corrected chi connectivity index (χ3v) is 7.29. The molecular formula is C23H19N3O5S. The molecule has 1 N–H and O–H groups in total. The van der Waals surface area contributed by atoms with Crippen molar-refractivity contribution >= 4 is 27.5 Å². The molecule has 9 heteroatoms. The Morgan fingerprint density at radius 1 is 1.06 bits per heavy atom. The van der Waals surface area contributed by atoms with Gasteiger partial charge in [-0.1, -0.05) is 42.0 Å². The molecule has 3 aromatic rings. The average Bonchev–Trinajstić information content (AvgIpc) is 3.50. The topological polar surface area (TPSA) is 99.9 Å². The number of hydrogen-bond acceptors (Lipinski definition) is 6. The summed E-state index contributed by atoms with van der Waals surface area (Å²) in [6.07, 6.45) is 3.33. The van der Waals surface area contributed by atoms with Crippen molar-refractivity contribution in [3.8, 4) is 0 Å². The molecule has 2 aliphatic rings. The summed E-state index contributed by atoms with van der Waals surface area (Å²) in [4.78, 5) is 25.9. The van der Waals surface area contributed by atoms with Crippen molar-refractivity contribution in [2.45, 2.75) is 17.9 Å². The van der Waals surface area contributed by atoms with Crippen LogP contribution in [0.25, 0.3) is 5.70 Å². The predicted octanol–water partition coefficient (Wildman–Crippen LogP) is 2.86. The second-order valence-corrected chi connectivity index (χ2v) is 9.43. The van der Waals surface area contributed by atoms with E-state index in [0.29, 0.717) is 15.8 Å². The number of sulfonamides is 1. The molecule has 0 aliphatic carbocycles. The predicted molar refractivity (Wildman–Crippen MR) is 115 cm³/mol. The van der Waals surface area contributed by atoms with E-state index in [2.05, 4.69) is 5.43 Å². The van der Waals surface area contributed by atoms with Crippen molar-refractivity contribution in [2.24, 2.45) is 0 Å². The number of hydrazine groups is 1. The quantitative estimate of drug-likeness (QED) is 0.658. The van der Waals surface area contributed by atoms with Crippen LogP contribution >= 0.6 is 0 Å². The molecule has 2 aromatic carbocycles. The van der Waals surface area contributed by atoms with Crippen LogP contribution in [-0.4, -0.2) is 36.1 Å². The Balaban J connectivity index is 1.44. The Morgan fingerprint density at radius 3 is 2.50 bits per heavy atom. The van der Waals surface area contributed by atoms with E-state index in [-0.39, 0.29) is 10.5 Å². The number of aryl methyl sites for hydroxylation is 1. The number of nitrogens with zero attached hydrogens (tertiary/aromatic N) is 2. The number of carbonyl (C=O) groups excluding carboxylic acids is 2. The fourth-order valence-corrected chi connectivity index (χ4v) is 5.35. The minimum atomic E-state index is -4.09. The fraction of sp³-hybridized carbons (Fsp3) is 0.130. The maximum atomic E-state index is 13.3. The largest absolute Gasteiger partial charge is 0.467 e. The lowest BCUT2D eigenvalue weighted by Gasteiger charge is -2.26. The van der Waals surface area contributed by atoms with Gasteiger partial charge in [-0.15, -0.1) is 0 Å². The van der Waals surface area contributed by atoms with Crippen LogP contribution in [0.2, 0.25) is 0 Å². The molecule has 1 atom stereocenters. The van der Waals surface area contributed by atoms with Crippen molar-refractivity contribution in [3.63, 3.8) is 0 Å². The van der Waals surface area contributed by atoms with E-state index in [0.717, 1.165) is 11.1 Å². The van der Waals surface area contributed by atoms with Gasteiger partial charge in [0.05, 0.1) is 17.5 Å². The zero-order valence-electron chi connectivity index (χ0n) is 17.1. The Labute approximate surface area is 184 Å². The number of fused-ring (bicyclic) bond motifs is 1. The summed E-state index contributed by atoms with van der Waals surface area (Å²) < 4.78 is 31.8. The monoisotopic (exact) mass is 449 g/mol. The summed E-state index contributed by atoms with van der Waals surface area (Å²) in [6, 6.07) is 16.5. The molecule has 2 amide bonds. The van der Waals surface area contributed by atoms with Gasteiger partial charge in [0.25, 0.3) is 21.8 Å². The highest BCUT2D eigenvalue weighted by molar-refractivity contribution is 7.90. The second kappa shape index (κ2) is 7.38. The molecule has 32 heavy (non-hydrogen) atoms. The minimum Gasteiger partial charge on any atom is -0.467 e. The summed E-state index contributed by atoms with van der Waals surface area (Å²) in [5.41, 5.74) is 5.76. The van der Waals surface area contributed by atoms with Crippen LogP contribution in [0, 0.1) is 6.92 Å². The molecule has 1 aromatic heterocycles. The van der Waals surface area contributed by atoms with Gasteiger partial charge in [-0.3, -0.25) is 15.0 Å². The standard InChI is InChI=1S/C23H19N3O5S/c1-15-8-10-16(11-9-15)18-13-19(20-6-4-12-31-20)26(24-18)22(27)14-25-23(28)17-5-2-3-7-21(17)32(25,29)30/h2-13,19,24H,14H2,1H3/t19-/m1/s1. The Bertz CT molecular complexity index is 1340.